The Hall–Kier alpha value is -1.77. The van der Waals surface area contributed by atoms with Gasteiger partial charge in [0.1, 0.15) is 18.4 Å². The van der Waals surface area contributed by atoms with E-state index in [0.717, 1.165) is 4.31 Å². The van der Waals surface area contributed by atoms with Crippen molar-refractivity contribution in [3.8, 4) is 5.75 Å². The number of rotatable bonds is 6. The molecule has 0 radical (unpaired) electrons. The van der Waals surface area contributed by atoms with Gasteiger partial charge >= 0.3 is 0 Å². The average Bonchev–Trinajstić information content (AvgIpc) is 2.61. The summed E-state index contributed by atoms with van der Waals surface area (Å²) in [5.74, 6) is 0.313. The number of carbonyl (C=O) groups excluding carboxylic acids is 1. The molecule has 1 aromatic rings. The number of carbonyl (C=O) groups is 1. The number of benzene rings is 1. The molecular weight excluding hydrogens is 376 g/mol. The first kappa shape index (κ1) is 20.5. The third-order valence-corrected chi connectivity index (χ3v) is 7.23. The van der Waals surface area contributed by atoms with E-state index >= 15 is 0 Å². The molecule has 0 aromatic heterocycles. The fourth-order valence-corrected chi connectivity index (χ4v) is 5.87. The third-order valence-electron chi connectivity index (χ3n) is 4.00. The van der Waals surface area contributed by atoms with Crippen molar-refractivity contribution in [2.75, 3.05) is 18.9 Å². The summed E-state index contributed by atoms with van der Waals surface area (Å²) in [6.45, 7) is 7.46. The van der Waals surface area contributed by atoms with E-state index in [4.69, 9.17) is 9.94 Å². The van der Waals surface area contributed by atoms with Gasteiger partial charge in [0, 0.05) is 17.0 Å². The first-order valence-electron chi connectivity index (χ1n) is 7.91. The van der Waals surface area contributed by atoms with E-state index in [-0.39, 0.29) is 18.0 Å². The Labute approximate surface area is 157 Å². The van der Waals surface area contributed by atoms with Crippen molar-refractivity contribution in [2.24, 2.45) is 0 Å². The molecule has 1 aromatic carbocycles. The van der Waals surface area contributed by atoms with Crippen molar-refractivity contribution in [1.29, 1.82) is 0 Å². The molecule has 1 aliphatic heterocycles. The lowest BCUT2D eigenvalue weighted by Gasteiger charge is -2.43. The fourth-order valence-electron chi connectivity index (χ4n) is 2.76. The van der Waals surface area contributed by atoms with Gasteiger partial charge in [-0.1, -0.05) is 6.58 Å². The Morgan fingerprint density at radius 1 is 1.50 bits per heavy atom. The summed E-state index contributed by atoms with van der Waals surface area (Å²) in [7, 11) is -3.92. The van der Waals surface area contributed by atoms with Crippen LogP contribution >= 0.6 is 11.8 Å². The van der Waals surface area contributed by atoms with Gasteiger partial charge in [-0.2, -0.15) is 16.1 Å². The summed E-state index contributed by atoms with van der Waals surface area (Å²) in [5.41, 5.74) is 4.17. The lowest BCUT2D eigenvalue weighted by atomic mass is 10.0. The highest BCUT2D eigenvalue weighted by molar-refractivity contribution is 8.00. The van der Waals surface area contributed by atoms with Crippen molar-refractivity contribution in [3.05, 3.63) is 42.7 Å². The molecule has 0 bridgehead atoms. The van der Waals surface area contributed by atoms with Gasteiger partial charge in [-0.3, -0.25) is 10.0 Å². The number of sulfonamides is 1. The average molecular weight is 399 g/mol. The zero-order valence-electron chi connectivity index (χ0n) is 14.6. The maximum absolute atomic E-state index is 13.1. The molecule has 1 saturated heterocycles. The number of hydrogen-bond acceptors (Lipinski definition) is 6. The quantitative estimate of drug-likeness (QED) is 0.431. The van der Waals surface area contributed by atoms with Crippen molar-refractivity contribution >= 4 is 27.7 Å². The largest absolute Gasteiger partial charge is 0.489 e. The zero-order valence-corrected chi connectivity index (χ0v) is 16.3. The second kappa shape index (κ2) is 8.28. The molecular formula is C17H22N2O5S2. The third kappa shape index (κ3) is 4.31. The molecule has 1 amide bonds. The standard InChI is InChI=1S/C17H22N2O5S2/c1-4-5-11-24-13-6-8-14(9-7-13)26(22,23)19-10-12-25-17(2,3)15(19)16(20)18-21/h5-9,15,21H,1,10-12H2,2-3H3,(H,18,20). The highest BCUT2D eigenvalue weighted by atomic mass is 32.2. The molecule has 1 atom stereocenters. The number of hydrogen-bond donors (Lipinski definition) is 2. The highest BCUT2D eigenvalue weighted by Crippen LogP contribution is 2.38. The van der Waals surface area contributed by atoms with Crippen LogP contribution in [0.15, 0.2) is 47.5 Å². The van der Waals surface area contributed by atoms with E-state index < -0.39 is 26.7 Å². The predicted molar refractivity (Wildman–Crippen MR) is 99.8 cm³/mol. The van der Waals surface area contributed by atoms with Crippen LogP contribution in [-0.2, 0) is 14.8 Å². The maximum Gasteiger partial charge on any atom is 0.263 e. The van der Waals surface area contributed by atoms with Crippen LogP contribution in [0.4, 0.5) is 0 Å². The maximum atomic E-state index is 13.1. The van der Waals surface area contributed by atoms with Crippen molar-refractivity contribution in [3.63, 3.8) is 0 Å². The number of ether oxygens (including phenoxy) is 1. The molecule has 2 rings (SSSR count). The van der Waals surface area contributed by atoms with Gasteiger partial charge in [0.15, 0.2) is 0 Å². The van der Waals surface area contributed by atoms with Crippen LogP contribution in [0.1, 0.15) is 13.8 Å². The van der Waals surface area contributed by atoms with Gasteiger partial charge in [-0.25, -0.2) is 13.9 Å². The van der Waals surface area contributed by atoms with Crippen LogP contribution < -0.4 is 10.2 Å². The topological polar surface area (TPSA) is 95.9 Å². The summed E-state index contributed by atoms with van der Waals surface area (Å²) >= 11 is 1.49. The van der Waals surface area contributed by atoms with E-state index in [0.29, 0.717) is 11.5 Å². The number of nitrogens with one attached hydrogen (secondary N) is 1. The number of nitrogens with zero attached hydrogens (tertiary/aromatic N) is 1. The van der Waals surface area contributed by atoms with Crippen molar-refractivity contribution in [1.82, 2.24) is 9.79 Å². The predicted octanol–water partition coefficient (Wildman–Crippen LogP) is 1.80. The van der Waals surface area contributed by atoms with E-state index in [2.05, 4.69) is 12.3 Å². The van der Waals surface area contributed by atoms with E-state index in [9.17, 15) is 13.2 Å². The zero-order chi connectivity index (χ0) is 19.4. The van der Waals surface area contributed by atoms with Gasteiger partial charge in [0.05, 0.1) is 4.90 Å². The Morgan fingerprint density at radius 2 is 2.15 bits per heavy atom. The molecule has 1 unspecified atom stereocenters. The Kier molecular flexibility index (Phi) is 6.54. The van der Waals surface area contributed by atoms with Crippen LogP contribution in [0.3, 0.4) is 0 Å². The second-order valence-electron chi connectivity index (χ2n) is 6.14. The lowest BCUT2D eigenvalue weighted by molar-refractivity contribution is -0.134. The molecule has 142 valence electrons. The van der Waals surface area contributed by atoms with Crippen molar-refractivity contribution < 1.29 is 23.2 Å². The van der Waals surface area contributed by atoms with E-state index in [1.165, 1.54) is 23.9 Å². The van der Waals surface area contributed by atoms with Crippen LogP contribution in [0, 0.1) is 0 Å². The molecule has 1 aliphatic rings. The highest BCUT2D eigenvalue weighted by Gasteiger charge is 2.48. The van der Waals surface area contributed by atoms with Gasteiger partial charge in [-0.05, 0) is 44.2 Å². The Balaban J connectivity index is 2.32. The molecule has 0 saturated carbocycles. The van der Waals surface area contributed by atoms with E-state index in [1.807, 2.05) is 0 Å². The molecule has 7 nitrogen and oxygen atoms in total. The molecule has 0 spiro atoms. The summed E-state index contributed by atoms with van der Waals surface area (Å²) in [6.07, 6.45) is 1.61. The molecule has 9 heteroatoms. The fraction of sp³-hybridized carbons (Fsp3) is 0.412. The van der Waals surface area contributed by atoms with Crippen LogP contribution in [-0.4, -0.2) is 53.5 Å². The molecule has 1 fully saturated rings. The Bertz CT molecular complexity index is 799. The normalized spacial score (nSPS) is 20.0. The minimum Gasteiger partial charge on any atom is -0.489 e. The number of amides is 1. The minimum absolute atomic E-state index is 0.0579. The van der Waals surface area contributed by atoms with Gasteiger partial charge in [0.2, 0.25) is 10.0 Å². The summed E-state index contributed by atoms with van der Waals surface area (Å²) in [4.78, 5) is 12.2. The van der Waals surface area contributed by atoms with Crippen LogP contribution in [0.25, 0.3) is 0 Å². The van der Waals surface area contributed by atoms with Crippen LogP contribution in [0.2, 0.25) is 0 Å². The number of hydroxylamine groups is 1. The van der Waals surface area contributed by atoms with E-state index in [1.54, 1.807) is 37.5 Å². The molecule has 26 heavy (non-hydrogen) atoms. The molecule has 1 heterocycles. The monoisotopic (exact) mass is 398 g/mol. The first-order valence-corrected chi connectivity index (χ1v) is 10.3. The molecule has 2 N–H and O–H groups in total. The first-order chi connectivity index (χ1) is 12.2. The Morgan fingerprint density at radius 3 is 2.73 bits per heavy atom. The smallest absolute Gasteiger partial charge is 0.263 e. The van der Waals surface area contributed by atoms with Gasteiger partial charge in [-0.15, -0.1) is 5.73 Å². The molecule has 0 aliphatic carbocycles. The van der Waals surface area contributed by atoms with Crippen molar-refractivity contribution in [2.45, 2.75) is 29.5 Å². The minimum atomic E-state index is -3.92. The summed E-state index contributed by atoms with van der Waals surface area (Å²) in [6, 6.07) is 4.95. The SMILES string of the molecule is C=C=CCOc1ccc(S(=O)(=O)N2CCSC(C)(C)C2C(=O)NO)cc1. The summed E-state index contributed by atoms with van der Waals surface area (Å²) < 4.78 is 32.0. The lowest BCUT2D eigenvalue weighted by Crippen LogP contribution is -2.61. The summed E-state index contributed by atoms with van der Waals surface area (Å²) in [5, 5.41) is 9.05. The van der Waals surface area contributed by atoms with Crippen LogP contribution in [0.5, 0.6) is 5.75 Å². The second-order valence-corrected chi connectivity index (χ2v) is 9.78. The number of thioether (sulfide) groups is 1. The van der Waals surface area contributed by atoms with Gasteiger partial charge in [0.25, 0.3) is 5.91 Å². The van der Waals surface area contributed by atoms with Gasteiger partial charge < -0.3 is 4.74 Å².